The van der Waals surface area contributed by atoms with Crippen molar-refractivity contribution in [2.45, 2.75) is 19.3 Å². The fourth-order valence-corrected chi connectivity index (χ4v) is 4.97. The summed E-state index contributed by atoms with van der Waals surface area (Å²) in [6, 6.07) is 28.5. The maximum absolute atomic E-state index is 6.10. The van der Waals surface area contributed by atoms with Crippen LogP contribution in [0.2, 0.25) is 5.02 Å². The van der Waals surface area contributed by atoms with E-state index in [1.165, 1.54) is 5.56 Å². The molecule has 180 valence electrons. The predicted molar refractivity (Wildman–Crippen MR) is 146 cm³/mol. The summed E-state index contributed by atoms with van der Waals surface area (Å²) >= 11 is 6.10. The molecule has 7 heteroatoms. The standard InChI is InChI=1S/C29H27ClN6/c30-23-11-13-24(14-12-23)32-27-26-20-31-36(25-9-5-2-6-10-25)28(26)34-29(33-27)35-17-15-22(16-18-35)19-21-7-3-1-4-8-21/h1-14,20,22H,15-19H2,(H,32,33,34). The van der Waals surface area contributed by atoms with E-state index in [9.17, 15) is 0 Å². The highest BCUT2D eigenvalue weighted by molar-refractivity contribution is 6.30. The van der Waals surface area contributed by atoms with Crippen LogP contribution in [-0.4, -0.2) is 32.8 Å². The lowest BCUT2D eigenvalue weighted by Crippen LogP contribution is -2.35. The van der Waals surface area contributed by atoms with Crippen molar-refractivity contribution in [1.29, 1.82) is 0 Å². The van der Waals surface area contributed by atoms with Gasteiger partial charge in [0.05, 0.1) is 17.3 Å². The van der Waals surface area contributed by atoms with Gasteiger partial charge in [0.15, 0.2) is 5.65 Å². The molecular formula is C29H27ClN6. The number of hydrogen-bond acceptors (Lipinski definition) is 5. The van der Waals surface area contributed by atoms with Gasteiger partial charge < -0.3 is 10.2 Å². The third-order valence-corrected chi connectivity index (χ3v) is 7.04. The van der Waals surface area contributed by atoms with Gasteiger partial charge in [-0.2, -0.15) is 15.1 Å². The summed E-state index contributed by atoms with van der Waals surface area (Å²) in [4.78, 5) is 12.3. The molecule has 2 aromatic heterocycles. The molecule has 3 heterocycles. The molecule has 0 amide bonds. The predicted octanol–water partition coefficient (Wildman–Crippen LogP) is 6.67. The first-order chi connectivity index (χ1) is 17.7. The van der Waals surface area contributed by atoms with Crippen LogP contribution in [0.4, 0.5) is 17.5 Å². The van der Waals surface area contributed by atoms with Crippen LogP contribution in [0.1, 0.15) is 18.4 Å². The Hall–Kier alpha value is -3.90. The first-order valence-electron chi connectivity index (χ1n) is 12.4. The van der Waals surface area contributed by atoms with Crippen molar-refractivity contribution in [2.75, 3.05) is 23.3 Å². The fraction of sp³-hybridized carbons (Fsp3) is 0.207. The summed E-state index contributed by atoms with van der Waals surface area (Å²) in [5, 5.41) is 9.70. The van der Waals surface area contributed by atoms with Crippen LogP contribution in [-0.2, 0) is 6.42 Å². The summed E-state index contributed by atoms with van der Waals surface area (Å²) in [7, 11) is 0. The Bertz CT molecular complexity index is 1440. The van der Waals surface area contributed by atoms with Crippen LogP contribution in [0.3, 0.4) is 0 Å². The fourth-order valence-electron chi connectivity index (χ4n) is 4.85. The molecule has 0 saturated carbocycles. The lowest BCUT2D eigenvalue weighted by atomic mass is 9.90. The number of fused-ring (bicyclic) bond motifs is 1. The second kappa shape index (κ2) is 9.99. The zero-order chi connectivity index (χ0) is 24.3. The Morgan fingerprint density at radius 2 is 1.53 bits per heavy atom. The molecule has 3 aromatic carbocycles. The first kappa shape index (κ1) is 22.6. The largest absolute Gasteiger partial charge is 0.341 e. The SMILES string of the molecule is Clc1ccc(Nc2nc(N3CCC(Cc4ccccc4)CC3)nc3c2cnn3-c2ccccc2)cc1. The van der Waals surface area contributed by atoms with Crippen molar-refractivity contribution >= 4 is 40.1 Å². The van der Waals surface area contributed by atoms with Crippen molar-refractivity contribution < 1.29 is 0 Å². The number of rotatable bonds is 6. The van der Waals surface area contributed by atoms with Crippen LogP contribution in [0.15, 0.2) is 91.1 Å². The number of nitrogens with one attached hydrogen (secondary N) is 1. The van der Waals surface area contributed by atoms with E-state index in [1.54, 1.807) is 0 Å². The van der Waals surface area contributed by atoms with E-state index >= 15 is 0 Å². The Morgan fingerprint density at radius 1 is 0.833 bits per heavy atom. The maximum atomic E-state index is 6.10. The molecule has 36 heavy (non-hydrogen) atoms. The maximum Gasteiger partial charge on any atom is 0.229 e. The van der Waals surface area contributed by atoms with Crippen molar-refractivity contribution in [3.05, 3.63) is 102 Å². The van der Waals surface area contributed by atoms with E-state index in [2.05, 4.69) is 45.6 Å². The second-order valence-corrected chi connectivity index (χ2v) is 9.69. The van der Waals surface area contributed by atoms with Crippen molar-refractivity contribution in [1.82, 2.24) is 19.7 Å². The summed E-state index contributed by atoms with van der Waals surface area (Å²) in [6.07, 6.45) is 5.19. The molecule has 0 radical (unpaired) electrons. The molecule has 1 N–H and O–H groups in total. The lowest BCUT2D eigenvalue weighted by Gasteiger charge is -2.32. The number of benzene rings is 3. The molecule has 0 spiro atoms. The van der Waals surface area contributed by atoms with Crippen LogP contribution in [0, 0.1) is 5.92 Å². The topological polar surface area (TPSA) is 58.9 Å². The average molecular weight is 495 g/mol. The summed E-state index contributed by atoms with van der Waals surface area (Å²) in [6.45, 7) is 1.87. The van der Waals surface area contributed by atoms with E-state index in [-0.39, 0.29) is 0 Å². The van der Waals surface area contributed by atoms with Gasteiger partial charge in [0.1, 0.15) is 5.82 Å². The van der Waals surface area contributed by atoms with Crippen molar-refractivity contribution in [3.8, 4) is 5.69 Å². The summed E-state index contributed by atoms with van der Waals surface area (Å²) < 4.78 is 1.88. The van der Waals surface area contributed by atoms with E-state index in [0.717, 1.165) is 66.5 Å². The molecule has 0 atom stereocenters. The third-order valence-electron chi connectivity index (χ3n) is 6.79. The molecule has 6 nitrogen and oxygen atoms in total. The Kier molecular flexibility index (Phi) is 6.26. The average Bonchev–Trinajstić information content (AvgIpc) is 3.36. The number of anilines is 3. The van der Waals surface area contributed by atoms with Crippen molar-refractivity contribution in [3.63, 3.8) is 0 Å². The number of piperidine rings is 1. The van der Waals surface area contributed by atoms with Gasteiger partial charge in [0, 0.05) is 23.8 Å². The number of aromatic nitrogens is 4. The minimum atomic E-state index is 0.675. The number of para-hydroxylation sites is 1. The van der Waals surface area contributed by atoms with Gasteiger partial charge in [-0.15, -0.1) is 0 Å². The van der Waals surface area contributed by atoms with Gasteiger partial charge in [0.25, 0.3) is 0 Å². The van der Waals surface area contributed by atoms with Gasteiger partial charge in [-0.1, -0.05) is 60.1 Å². The molecule has 0 bridgehead atoms. The molecular weight excluding hydrogens is 468 g/mol. The van der Waals surface area contributed by atoms with Crippen LogP contribution in [0.25, 0.3) is 16.7 Å². The quantitative estimate of drug-likeness (QED) is 0.285. The first-order valence-corrected chi connectivity index (χ1v) is 12.7. The summed E-state index contributed by atoms with van der Waals surface area (Å²) in [5.41, 5.74) is 4.08. The van der Waals surface area contributed by atoms with Gasteiger partial charge in [-0.05, 0) is 67.1 Å². The normalized spacial score (nSPS) is 14.3. The zero-order valence-corrected chi connectivity index (χ0v) is 20.6. The van der Waals surface area contributed by atoms with Gasteiger partial charge in [-0.25, -0.2) is 4.68 Å². The van der Waals surface area contributed by atoms with Gasteiger partial charge >= 0.3 is 0 Å². The highest BCUT2D eigenvalue weighted by Gasteiger charge is 2.23. The molecule has 1 fully saturated rings. The zero-order valence-electron chi connectivity index (χ0n) is 19.9. The summed E-state index contributed by atoms with van der Waals surface area (Å²) in [5.74, 6) is 2.15. The van der Waals surface area contributed by atoms with Gasteiger partial charge in [0.2, 0.25) is 5.95 Å². The Balaban J connectivity index is 1.31. The molecule has 6 rings (SSSR count). The Labute approximate surface area is 215 Å². The lowest BCUT2D eigenvalue weighted by molar-refractivity contribution is 0.401. The van der Waals surface area contributed by atoms with Gasteiger partial charge in [-0.3, -0.25) is 0 Å². The molecule has 0 aliphatic carbocycles. The number of hydrogen-bond donors (Lipinski definition) is 1. The van der Waals surface area contributed by atoms with E-state index in [1.807, 2.05) is 65.5 Å². The second-order valence-electron chi connectivity index (χ2n) is 9.25. The molecule has 0 unspecified atom stereocenters. The molecule has 1 saturated heterocycles. The molecule has 1 aliphatic heterocycles. The minimum absolute atomic E-state index is 0.675. The van der Waals surface area contributed by atoms with E-state index < -0.39 is 0 Å². The number of nitrogens with zero attached hydrogens (tertiary/aromatic N) is 5. The van der Waals surface area contributed by atoms with Crippen LogP contribution in [0.5, 0.6) is 0 Å². The highest BCUT2D eigenvalue weighted by atomic mass is 35.5. The van der Waals surface area contributed by atoms with E-state index in [0.29, 0.717) is 10.9 Å². The highest BCUT2D eigenvalue weighted by Crippen LogP contribution is 2.30. The molecule has 5 aromatic rings. The third kappa shape index (κ3) is 4.77. The number of halogens is 1. The van der Waals surface area contributed by atoms with Crippen LogP contribution < -0.4 is 10.2 Å². The smallest absolute Gasteiger partial charge is 0.229 e. The van der Waals surface area contributed by atoms with E-state index in [4.69, 9.17) is 21.6 Å². The Morgan fingerprint density at radius 3 is 2.25 bits per heavy atom. The monoisotopic (exact) mass is 494 g/mol. The van der Waals surface area contributed by atoms with Crippen LogP contribution >= 0.6 is 11.6 Å². The minimum Gasteiger partial charge on any atom is -0.341 e. The molecule has 1 aliphatic rings. The van der Waals surface area contributed by atoms with Crippen molar-refractivity contribution in [2.24, 2.45) is 5.92 Å².